The van der Waals surface area contributed by atoms with Crippen molar-refractivity contribution in [3.05, 3.63) is 64.1 Å². The number of ether oxygens (including phenoxy) is 1. The molecule has 2 aromatic rings. The highest BCUT2D eigenvalue weighted by molar-refractivity contribution is 9.10. The van der Waals surface area contributed by atoms with E-state index in [1.165, 1.54) is 0 Å². The summed E-state index contributed by atoms with van der Waals surface area (Å²) in [6, 6.07) is 15.6. The van der Waals surface area contributed by atoms with Gasteiger partial charge in [0.25, 0.3) is 0 Å². The molecule has 1 unspecified atom stereocenters. The summed E-state index contributed by atoms with van der Waals surface area (Å²) in [6.07, 6.45) is -0.488. The smallest absolute Gasteiger partial charge is 0.133 e. The fraction of sp³-hybridized carbons (Fsp3) is 0.250. The SMILES string of the molecule is COc1ccc(CNCC(O)c2ccccc2)cc1Br. The summed E-state index contributed by atoms with van der Waals surface area (Å²) in [5.41, 5.74) is 2.06. The molecule has 106 valence electrons. The molecule has 1 atom stereocenters. The van der Waals surface area contributed by atoms with Gasteiger partial charge in [0.2, 0.25) is 0 Å². The Balaban J connectivity index is 1.85. The van der Waals surface area contributed by atoms with Crippen LogP contribution in [0.2, 0.25) is 0 Å². The molecule has 20 heavy (non-hydrogen) atoms. The molecule has 0 heterocycles. The zero-order valence-electron chi connectivity index (χ0n) is 11.3. The van der Waals surface area contributed by atoms with E-state index < -0.39 is 6.10 Å². The van der Waals surface area contributed by atoms with E-state index in [-0.39, 0.29) is 0 Å². The second-order valence-corrected chi connectivity index (χ2v) is 5.38. The first-order valence-electron chi connectivity index (χ1n) is 6.47. The van der Waals surface area contributed by atoms with Crippen LogP contribution < -0.4 is 10.1 Å². The van der Waals surface area contributed by atoms with Crippen molar-refractivity contribution in [2.75, 3.05) is 13.7 Å². The summed E-state index contributed by atoms with van der Waals surface area (Å²) >= 11 is 3.46. The molecule has 0 spiro atoms. The molecule has 0 amide bonds. The molecule has 3 nitrogen and oxygen atoms in total. The van der Waals surface area contributed by atoms with Gasteiger partial charge < -0.3 is 15.2 Å². The lowest BCUT2D eigenvalue weighted by molar-refractivity contribution is 0.174. The average Bonchev–Trinajstić information content (AvgIpc) is 2.48. The van der Waals surface area contributed by atoms with Crippen LogP contribution in [0.1, 0.15) is 17.2 Å². The van der Waals surface area contributed by atoms with Gasteiger partial charge in [0.15, 0.2) is 0 Å². The zero-order valence-corrected chi connectivity index (χ0v) is 12.9. The normalized spacial score (nSPS) is 12.2. The van der Waals surface area contributed by atoms with E-state index in [0.29, 0.717) is 13.1 Å². The lowest BCUT2D eigenvalue weighted by atomic mass is 10.1. The van der Waals surface area contributed by atoms with Crippen LogP contribution in [-0.2, 0) is 6.54 Å². The van der Waals surface area contributed by atoms with Gasteiger partial charge in [-0.1, -0.05) is 36.4 Å². The van der Waals surface area contributed by atoms with Gasteiger partial charge in [-0.25, -0.2) is 0 Å². The van der Waals surface area contributed by atoms with E-state index in [0.717, 1.165) is 21.3 Å². The van der Waals surface area contributed by atoms with Crippen molar-refractivity contribution in [3.63, 3.8) is 0 Å². The van der Waals surface area contributed by atoms with E-state index >= 15 is 0 Å². The molecule has 0 radical (unpaired) electrons. The molecule has 2 N–H and O–H groups in total. The highest BCUT2D eigenvalue weighted by Gasteiger charge is 2.06. The summed E-state index contributed by atoms with van der Waals surface area (Å²) in [6.45, 7) is 1.22. The maximum absolute atomic E-state index is 10.0. The lowest BCUT2D eigenvalue weighted by Gasteiger charge is -2.12. The maximum atomic E-state index is 10.0. The second-order valence-electron chi connectivity index (χ2n) is 4.53. The number of rotatable bonds is 6. The second kappa shape index (κ2) is 7.43. The molecule has 0 aromatic heterocycles. The number of hydrogen-bond acceptors (Lipinski definition) is 3. The number of aliphatic hydroxyl groups excluding tert-OH is 1. The Kier molecular flexibility index (Phi) is 5.59. The Morgan fingerprint density at radius 3 is 2.60 bits per heavy atom. The van der Waals surface area contributed by atoms with Crippen LogP contribution in [0.4, 0.5) is 0 Å². The maximum Gasteiger partial charge on any atom is 0.133 e. The van der Waals surface area contributed by atoms with Crippen LogP contribution in [0.25, 0.3) is 0 Å². The lowest BCUT2D eigenvalue weighted by Crippen LogP contribution is -2.21. The van der Waals surface area contributed by atoms with Crippen molar-refractivity contribution in [2.24, 2.45) is 0 Å². The van der Waals surface area contributed by atoms with Gasteiger partial charge in [0.05, 0.1) is 17.7 Å². The van der Waals surface area contributed by atoms with Crippen molar-refractivity contribution < 1.29 is 9.84 Å². The van der Waals surface area contributed by atoms with Crippen LogP contribution >= 0.6 is 15.9 Å². The summed E-state index contributed by atoms with van der Waals surface area (Å²) in [5, 5.41) is 13.3. The highest BCUT2D eigenvalue weighted by Crippen LogP contribution is 2.25. The number of nitrogens with one attached hydrogen (secondary N) is 1. The summed E-state index contributed by atoms with van der Waals surface area (Å²) in [4.78, 5) is 0. The first-order valence-corrected chi connectivity index (χ1v) is 7.26. The Labute approximate surface area is 127 Å². The van der Waals surface area contributed by atoms with E-state index in [4.69, 9.17) is 4.74 Å². The largest absolute Gasteiger partial charge is 0.496 e. The minimum absolute atomic E-state index is 0.488. The quantitative estimate of drug-likeness (QED) is 0.851. The van der Waals surface area contributed by atoms with Gasteiger partial charge in [-0.2, -0.15) is 0 Å². The summed E-state index contributed by atoms with van der Waals surface area (Å²) in [7, 11) is 1.65. The molecule has 0 fully saturated rings. The number of hydrogen-bond donors (Lipinski definition) is 2. The zero-order chi connectivity index (χ0) is 14.4. The third-order valence-corrected chi connectivity index (χ3v) is 3.69. The number of aliphatic hydroxyl groups is 1. The van der Waals surface area contributed by atoms with Crippen LogP contribution in [0.3, 0.4) is 0 Å². The monoisotopic (exact) mass is 335 g/mol. The first kappa shape index (κ1) is 15.0. The minimum atomic E-state index is -0.488. The molecule has 0 saturated carbocycles. The minimum Gasteiger partial charge on any atom is -0.496 e. The molecule has 2 rings (SSSR count). The molecule has 0 aliphatic heterocycles. The van der Waals surface area contributed by atoms with E-state index in [1.807, 2.05) is 48.5 Å². The standard InChI is InChI=1S/C16H18BrNO2/c1-20-16-8-7-12(9-14(16)17)10-18-11-15(19)13-5-3-2-4-6-13/h2-9,15,18-19H,10-11H2,1H3. The van der Waals surface area contributed by atoms with Gasteiger partial charge in [0.1, 0.15) is 5.75 Å². The average molecular weight is 336 g/mol. The Morgan fingerprint density at radius 2 is 1.95 bits per heavy atom. The molecular formula is C16H18BrNO2. The molecule has 2 aromatic carbocycles. The van der Waals surface area contributed by atoms with Gasteiger partial charge in [0, 0.05) is 13.1 Å². The number of methoxy groups -OCH3 is 1. The molecular weight excluding hydrogens is 318 g/mol. The first-order chi connectivity index (χ1) is 9.70. The Hall–Kier alpha value is -1.36. The van der Waals surface area contributed by atoms with Gasteiger partial charge in [-0.3, -0.25) is 0 Å². The molecule has 0 bridgehead atoms. The van der Waals surface area contributed by atoms with Crippen LogP contribution in [0, 0.1) is 0 Å². The van der Waals surface area contributed by atoms with Crippen molar-refractivity contribution in [3.8, 4) is 5.75 Å². The van der Waals surface area contributed by atoms with Crippen LogP contribution in [0.5, 0.6) is 5.75 Å². The van der Waals surface area contributed by atoms with Crippen molar-refractivity contribution in [2.45, 2.75) is 12.6 Å². The van der Waals surface area contributed by atoms with Crippen LogP contribution in [-0.4, -0.2) is 18.8 Å². The number of halogens is 1. The van der Waals surface area contributed by atoms with E-state index in [2.05, 4.69) is 21.2 Å². The predicted molar refractivity (Wildman–Crippen MR) is 83.8 cm³/mol. The van der Waals surface area contributed by atoms with Gasteiger partial charge in [-0.15, -0.1) is 0 Å². The Bertz CT molecular complexity index is 545. The molecule has 4 heteroatoms. The number of benzene rings is 2. The highest BCUT2D eigenvalue weighted by atomic mass is 79.9. The fourth-order valence-corrected chi connectivity index (χ4v) is 2.55. The third-order valence-electron chi connectivity index (χ3n) is 3.07. The molecule has 0 aliphatic rings. The predicted octanol–water partition coefficient (Wildman–Crippen LogP) is 3.28. The molecule has 0 aliphatic carbocycles. The van der Waals surface area contributed by atoms with Crippen molar-refractivity contribution in [1.82, 2.24) is 5.32 Å². The summed E-state index contributed by atoms with van der Waals surface area (Å²) in [5.74, 6) is 0.818. The van der Waals surface area contributed by atoms with Crippen molar-refractivity contribution >= 4 is 15.9 Å². The fourth-order valence-electron chi connectivity index (χ4n) is 1.97. The van der Waals surface area contributed by atoms with Crippen LogP contribution in [0.15, 0.2) is 53.0 Å². The third kappa shape index (κ3) is 4.07. The van der Waals surface area contributed by atoms with Gasteiger partial charge in [-0.05, 0) is 39.2 Å². The van der Waals surface area contributed by atoms with E-state index in [9.17, 15) is 5.11 Å². The summed E-state index contributed by atoms with van der Waals surface area (Å²) < 4.78 is 6.13. The Morgan fingerprint density at radius 1 is 1.20 bits per heavy atom. The van der Waals surface area contributed by atoms with E-state index in [1.54, 1.807) is 7.11 Å². The molecule has 0 saturated heterocycles. The van der Waals surface area contributed by atoms with Crippen molar-refractivity contribution in [1.29, 1.82) is 0 Å². The van der Waals surface area contributed by atoms with Gasteiger partial charge >= 0.3 is 0 Å². The topological polar surface area (TPSA) is 41.5 Å².